The predicted octanol–water partition coefficient (Wildman–Crippen LogP) is 4.66. The maximum atomic E-state index is 14.1. The maximum absolute atomic E-state index is 14.1. The van der Waals surface area contributed by atoms with Crippen LogP contribution in [0.25, 0.3) is 5.69 Å². The van der Waals surface area contributed by atoms with Crippen molar-refractivity contribution in [2.24, 2.45) is 0 Å². The standard InChI is InChI=1S/C23H25F2N3O2/c1-15-6-9-19(10-7-15)30-13-5-4-12-26-23(29)22-16(2)27-28(17(22)3)21-11-8-18(24)14-20(21)25/h6-11,14H,4-5,12-13H2,1-3H3,(H,26,29). The van der Waals surface area contributed by atoms with Crippen molar-refractivity contribution in [2.45, 2.75) is 33.6 Å². The normalized spacial score (nSPS) is 10.8. The van der Waals surface area contributed by atoms with E-state index in [4.69, 9.17) is 4.74 Å². The molecule has 0 aliphatic carbocycles. The molecule has 0 aliphatic rings. The van der Waals surface area contributed by atoms with E-state index >= 15 is 0 Å². The van der Waals surface area contributed by atoms with E-state index in [-0.39, 0.29) is 11.6 Å². The van der Waals surface area contributed by atoms with Crippen LogP contribution in [0.5, 0.6) is 5.75 Å². The molecule has 0 spiro atoms. The number of hydrogen-bond donors (Lipinski definition) is 1. The van der Waals surface area contributed by atoms with Crippen molar-refractivity contribution in [3.63, 3.8) is 0 Å². The van der Waals surface area contributed by atoms with Gasteiger partial charge in [-0.25, -0.2) is 13.5 Å². The molecule has 2 aromatic carbocycles. The van der Waals surface area contributed by atoms with Gasteiger partial charge in [0.25, 0.3) is 5.91 Å². The van der Waals surface area contributed by atoms with Crippen LogP contribution in [0, 0.1) is 32.4 Å². The van der Waals surface area contributed by atoms with Crippen LogP contribution in [-0.4, -0.2) is 28.8 Å². The summed E-state index contributed by atoms with van der Waals surface area (Å²) in [4.78, 5) is 12.6. The van der Waals surface area contributed by atoms with Crippen LogP contribution in [0.15, 0.2) is 42.5 Å². The van der Waals surface area contributed by atoms with E-state index in [0.717, 1.165) is 30.7 Å². The minimum Gasteiger partial charge on any atom is -0.494 e. The molecule has 0 fully saturated rings. The van der Waals surface area contributed by atoms with Gasteiger partial charge in [0.15, 0.2) is 5.82 Å². The Hall–Kier alpha value is -3.22. The lowest BCUT2D eigenvalue weighted by molar-refractivity contribution is 0.0951. The van der Waals surface area contributed by atoms with Crippen LogP contribution in [0.2, 0.25) is 0 Å². The Morgan fingerprint density at radius 2 is 1.80 bits per heavy atom. The van der Waals surface area contributed by atoms with Gasteiger partial charge >= 0.3 is 0 Å². The Balaban J connectivity index is 1.53. The molecule has 1 heterocycles. The lowest BCUT2D eigenvalue weighted by Gasteiger charge is -2.08. The molecule has 0 aliphatic heterocycles. The van der Waals surface area contributed by atoms with Gasteiger partial charge in [-0.3, -0.25) is 4.79 Å². The number of nitrogens with zero attached hydrogens (tertiary/aromatic N) is 2. The largest absolute Gasteiger partial charge is 0.494 e. The average molecular weight is 413 g/mol. The summed E-state index contributed by atoms with van der Waals surface area (Å²) < 4.78 is 34.3. The number of unbranched alkanes of at least 4 members (excludes halogenated alkanes) is 1. The molecule has 5 nitrogen and oxygen atoms in total. The number of aromatic nitrogens is 2. The highest BCUT2D eigenvalue weighted by Gasteiger charge is 2.20. The zero-order valence-corrected chi connectivity index (χ0v) is 17.3. The van der Waals surface area contributed by atoms with Crippen LogP contribution in [0.3, 0.4) is 0 Å². The molecule has 0 saturated heterocycles. The highest BCUT2D eigenvalue weighted by Crippen LogP contribution is 2.21. The molecule has 1 amide bonds. The third-order valence-corrected chi connectivity index (χ3v) is 4.80. The second kappa shape index (κ2) is 9.52. The van der Waals surface area contributed by atoms with Crippen LogP contribution in [0.1, 0.15) is 40.2 Å². The highest BCUT2D eigenvalue weighted by molar-refractivity contribution is 5.96. The summed E-state index contributed by atoms with van der Waals surface area (Å²) in [6.45, 7) is 6.46. The molecule has 0 saturated carbocycles. The molecule has 0 bridgehead atoms. The Bertz CT molecular complexity index is 1030. The number of hydrogen-bond acceptors (Lipinski definition) is 3. The molecule has 30 heavy (non-hydrogen) atoms. The van der Waals surface area contributed by atoms with Gasteiger partial charge in [-0.05, 0) is 57.9 Å². The van der Waals surface area contributed by atoms with E-state index in [1.54, 1.807) is 13.8 Å². The highest BCUT2D eigenvalue weighted by atomic mass is 19.1. The number of benzene rings is 2. The fraction of sp³-hybridized carbons (Fsp3) is 0.304. The number of carbonyl (C=O) groups is 1. The van der Waals surface area contributed by atoms with Crippen LogP contribution < -0.4 is 10.1 Å². The zero-order valence-electron chi connectivity index (χ0n) is 17.3. The van der Waals surface area contributed by atoms with Crippen molar-refractivity contribution in [1.82, 2.24) is 15.1 Å². The smallest absolute Gasteiger partial charge is 0.255 e. The molecule has 0 unspecified atom stereocenters. The topological polar surface area (TPSA) is 56.1 Å². The van der Waals surface area contributed by atoms with E-state index < -0.39 is 11.6 Å². The first kappa shape index (κ1) is 21.5. The molecule has 158 valence electrons. The summed E-state index contributed by atoms with van der Waals surface area (Å²) >= 11 is 0. The predicted molar refractivity (Wildman–Crippen MR) is 111 cm³/mol. The quantitative estimate of drug-likeness (QED) is 0.546. The fourth-order valence-electron chi connectivity index (χ4n) is 3.20. The Labute approximate surface area is 174 Å². The molecule has 3 aromatic rings. The van der Waals surface area contributed by atoms with Gasteiger partial charge in [-0.15, -0.1) is 0 Å². The first-order valence-corrected chi connectivity index (χ1v) is 9.86. The monoisotopic (exact) mass is 413 g/mol. The lowest BCUT2D eigenvalue weighted by atomic mass is 10.1. The second-order valence-electron chi connectivity index (χ2n) is 7.18. The van der Waals surface area contributed by atoms with Crippen LogP contribution >= 0.6 is 0 Å². The van der Waals surface area contributed by atoms with Crippen molar-refractivity contribution >= 4 is 5.91 Å². The summed E-state index contributed by atoms with van der Waals surface area (Å²) in [6.07, 6.45) is 1.56. The van der Waals surface area contributed by atoms with E-state index in [2.05, 4.69) is 10.4 Å². The number of ether oxygens (including phenoxy) is 1. The Morgan fingerprint density at radius 1 is 1.07 bits per heavy atom. The SMILES string of the molecule is Cc1ccc(OCCCCNC(=O)c2c(C)nn(-c3ccc(F)cc3F)c2C)cc1. The zero-order chi connectivity index (χ0) is 21.7. The summed E-state index contributed by atoms with van der Waals surface area (Å²) in [6, 6.07) is 11.1. The number of carbonyl (C=O) groups excluding carboxylic acids is 1. The molecule has 0 atom stereocenters. The van der Waals surface area contributed by atoms with Crippen LogP contribution in [-0.2, 0) is 0 Å². The van der Waals surface area contributed by atoms with Gasteiger partial charge in [0.05, 0.1) is 23.6 Å². The van der Waals surface area contributed by atoms with Crippen molar-refractivity contribution in [2.75, 3.05) is 13.2 Å². The third-order valence-electron chi connectivity index (χ3n) is 4.80. The third kappa shape index (κ3) is 5.03. The second-order valence-corrected chi connectivity index (χ2v) is 7.18. The molecule has 1 N–H and O–H groups in total. The number of rotatable bonds is 8. The summed E-state index contributed by atoms with van der Waals surface area (Å²) in [5.74, 6) is -0.835. The summed E-state index contributed by atoms with van der Waals surface area (Å²) in [7, 11) is 0. The van der Waals surface area contributed by atoms with Gasteiger partial charge in [0.2, 0.25) is 0 Å². The van der Waals surface area contributed by atoms with Crippen molar-refractivity contribution in [1.29, 1.82) is 0 Å². The van der Waals surface area contributed by atoms with E-state index in [9.17, 15) is 13.6 Å². The number of nitrogens with one attached hydrogen (secondary N) is 1. The van der Waals surface area contributed by atoms with Crippen molar-refractivity contribution in [3.8, 4) is 11.4 Å². The number of halogens is 2. The van der Waals surface area contributed by atoms with Gasteiger partial charge in [0, 0.05) is 12.6 Å². The van der Waals surface area contributed by atoms with Gasteiger partial charge in [-0.1, -0.05) is 17.7 Å². The fourth-order valence-corrected chi connectivity index (χ4v) is 3.20. The maximum Gasteiger partial charge on any atom is 0.255 e. The average Bonchev–Trinajstić information content (AvgIpc) is 3.00. The molecule has 1 aromatic heterocycles. The van der Waals surface area contributed by atoms with Crippen molar-refractivity contribution < 1.29 is 18.3 Å². The molecule has 3 rings (SSSR count). The lowest BCUT2D eigenvalue weighted by Crippen LogP contribution is -2.25. The van der Waals surface area contributed by atoms with E-state index in [1.165, 1.54) is 16.3 Å². The van der Waals surface area contributed by atoms with E-state index in [1.807, 2.05) is 31.2 Å². The first-order chi connectivity index (χ1) is 14.4. The minimum atomic E-state index is -0.735. The molecular formula is C23H25F2N3O2. The Kier molecular flexibility index (Phi) is 6.82. The number of aryl methyl sites for hydroxylation is 2. The molecule has 7 heteroatoms. The molecular weight excluding hydrogens is 388 g/mol. The number of amides is 1. The van der Waals surface area contributed by atoms with Gasteiger partial charge in [0.1, 0.15) is 17.3 Å². The van der Waals surface area contributed by atoms with E-state index in [0.29, 0.717) is 30.1 Å². The Morgan fingerprint density at radius 3 is 2.50 bits per heavy atom. The molecule has 0 radical (unpaired) electrons. The van der Waals surface area contributed by atoms with Gasteiger partial charge < -0.3 is 10.1 Å². The summed E-state index contributed by atoms with van der Waals surface area (Å²) in [5.41, 5.74) is 2.66. The van der Waals surface area contributed by atoms with Gasteiger partial charge in [-0.2, -0.15) is 5.10 Å². The summed E-state index contributed by atoms with van der Waals surface area (Å²) in [5, 5.41) is 7.14. The first-order valence-electron chi connectivity index (χ1n) is 9.86. The minimum absolute atomic E-state index is 0.101. The van der Waals surface area contributed by atoms with Crippen LogP contribution in [0.4, 0.5) is 8.78 Å². The van der Waals surface area contributed by atoms with Crippen molar-refractivity contribution in [3.05, 3.63) is 76.6 Å².